The van der Waals surface area contributed by atoms with Crippen LogP contribution in [0.3, 0.4) is 0 Å². The number of rotatable bonds is 2. The Labute approximate surface area is 90.8 Å². The lowest BCUT2D eigenvalue weighted by Crippen LogP contribution is -2.48. The van der Waals surface area contributed by atoms with Crippen molar-refractivity contribution in [2.24, 2.45) is 5.92 Å². The van der Waals surface area contributed by atoms with Gasteiger partial charge in [-0.1, -0.05) is 0 Å². The van der Waals surface area contributed by atoms with Gasteiger partial charge in [-0.2, -0.15) is 0 Å². The minimum absolute atomic E-state index is 0.339. The summed E-state index contributed by atoms with van der Waals surface area (Å²) in [6.07, 6.45) is 5.60. The molecule has 0 radical (unpaired) electrons. The summed E-state index contributed by atoms with van der Waals surface area (Å²) < 4.78 is 5.55. The number of carbonyl (C=O) groups excluding carboxylic acids is 1. The van der Waals surface area contributed by atoms with Gasteiger partial charge in [0.25, 0.3) is 0 Å². The molecule has 3 unspecified atom stereocenters. The Kier molecular flexibility index (Phi) is 2.53. The van der Waals surface area contributed by atoms with Crippen molar-refractivity contribution in [2.75, 3.05) is 19.8 Å². The van der Waals surface area contributed by atoms with Gasteiger partial charge in [0.1, 0.15) is 5.78 Å². The van der Waals surface area contributed by atoms with Crippen LogP contribution in [-0.2, 0) is 9.53 Å². The maximum Gasteiger partial charge on any atom is 0.137 e. The lowest BCUT2D eigenvalue weighted by molar-refractivity contribution is -0.122. The van der Waals surface area contributed by atoms with Gasteiger partial charge >= 0.3 is 0 Å². The first kappa shape index (κ1) is 9.79. The molecule has 0 spiro atoms. The summed E-state index contributed by atoms with van der Waals surface area (Å²) in [6, 6.07) is 1.22. The Morgan fingerprint density at radius 1 is 1.20 bits per heavy atom. The smallest absolute Gasteiger partial charge is 0.137 e. The van der Waals surface area contributed by atoms with E-state index in [0.717, 1.165) is 39.0 Å². The first-order valence-corrected chi connectivity index (χ1v) is 6.21. The fraction of sp³-hybridized carbons (Fsp3) is 0.917. The van der Waals surface area contributed by atoms with Gasteiger partial charge in [0.15, 0.2) is 0 Å². The molecule has 3 fully saturated rings. The summed E-state index contributed by atoms with van der Waals surface area (Å²) in [4.78, 5) is 14.2. The molecule has 15 heavy (non-hydrogen) atoms. The number of carbonyl (C=O) groups is 1. The van der Waals surface area contributed by atoms with Crippen LogP contribution in [0.2, 0.25) is 0 Å². The Morgan fingerprint density at radius 3 is 2.53 bits per heavy atom. The highest BCUT2D eigenvalue weighted by molar-refractivity contribution is 5.83. The van der Waals surface area contributed by atoms with Crippen molar-refractivity contribution in [3.63, 3.8) is 0 Å². The molecular formula is C12H19NO2. The predicted molar refractivity (Wildman–Crippen MR) is 56.7 cm³/mol. The Bertz CT molecular complexity index is 250. The van der Waals surface area contributed by atoms with Gasteiger partial charge in [0.2, 0.25) is 0 Å². The molecule has 3 heteroatoms. The first-order chi connectivity index (χ1) is 7.34. The number of fused-ring (bicyclic) bond motifs is 2. The van der Waals surface area contributed by atoms with E-state index in [2.05, 4.69) is 4.90 Å². The normalized spacial score (nSPS) is 41.3. The van der Waals surface area contributed by atoms with E-state index in [9.17, 15) is 4.79 Å². The number of Topliss-reactive ketones (excluding diaryl/α,β-unsaturated/α-hetero) is 1. The molecule has 3 atom stereocenters. The van der Waals surface area contributed by atoms with Crippen LogP contribution in [-0.4, -0.2) is 42.5 Å². The maximum atomic E-state index is 11.6. The fourth-order valence-corrected chi connectivity index (χ4v) is 3.35. The quantitative estimate of drug-likeness (QED) is 0.685. The SMILES string of the molecule is O=C1CCCC1CN1C2CCC1COC2. The van der Waals surface area contributed by atoms with Gasteiger partial charge in [-0.15, -0.1) is 0 Å². The van der Waals surface area contributed by atoms with Crippen molar-refractivity contribution >= 4 is 5.78 Å². The molecule has 0 amide bonds. The van der Waals surface area contributed by atoms with Crippen LogP contribution in [0, 0.1) is 5.92 Å². The van der Waals surface area contributed by atoms with Gasteiger partial charge in [0, 0.05) is 31.0 Å². The Hall–Kier alpha value is -0.410. The first-order valence-electron chi connectivity index (χ1n) is 6.21. The van der Waals surface area contributed by atoms with Gasteiger partial charge < -0.3 is 4.74 Å². The van der Waals surface area contributed by atoms with Crippen LogP contribution in [0.1, 0.15) is 32.1 Å². The number of nitrogens with zero attached hydrogens (tertiary/aromatic N) is 1. The minimum Gasteiger partial charge on any atom is -0.378 e. The second-order valence-corrected chi connectivity index (χ2v) is 5.17. The van der Waals surface area contributed by atoms with Crippen molar-refractivity contribution in [3.05, 3.63) is 0 Å². The molecule has 0 N–H and O–H groups in total. The summed E-state index contributed by atoms with van der Waals surface area (Å²) in [5.41, 5.74) is 0. The van der Waals surface area contributed by atoms with Crippen LogP contribution in [0.5, 0.6) is 0 Å². The summed E-state index contributed by atoms with van der Waals surface area (Å²) in [7, 11) is 0. The standard InChI is InChI=1S/C12H19NO2/c14-12-3-1-2-9(12)6-13-10-4-5-11(13)8-15-7-10/h9-11H,1-8H2. The monoisotopic (exact) mass is 209 g/mol. The molecule has 2 aliphatic heterocycles. The molecule has 3 nitrogen and oxygen atoms in total. The summed E-state index contributed by atoms with van der Waals surface area (Å²) >= 11 is 0. The molecule has 3 rings (SSSR count). The molecule has 0 aromatic rings. The number of hydrogen-bond acceptors (Lipinski definition) is 3. The van der Waals surface area contributed by atoms with E-state index in [-0.39, 0.29) is 0 Å². The van der Waals surface area contributed by atoms with Crippen molar-refractivity contribution in [3.8, 4) is 0 Å². The van der Waals surface area contributed by atoms with Gasteiger partial charge in [-0.25, -0.2) is 0 Å². The third kappa shape index (κ3) is 1.72. The molecule has 2 saturated heterocycles. The van der Waals surface area contributed by atoms with E-state index in [4.69, 9.17) is 4.74 Å². The number of ketones is 1. The molecule has 84 valence electrons. The molecule has 3 aliphatic rings. The van der Waals surface area contributed by atoms with E-state index in [1.54, 1.807) is 0 Å². The number of hydrogen-bond donors (Lipinski definition) is 0. The van der Waals surface area contributed by atoms with Crippen LogP contribution in [0.15, 0.2) is 0 Å². The van der Waals surface area contributed by atoms with E-state index in [1.165, 1.54) is 12.8 Å². The van der Waals surface area contributed by atoms with Crippen LogP contribution in [0.25, 0.3) is 0 Å². The van der Waals surface area contributed by atoms with Crippen molar-refractivity contribution in [2.45, 2.75) is 44.2 Å². The topological polar surface area (TPSA) is 29.5 Å². The van der Waals surface area contributed by atoms with Gasteiger partial charge in [-0.05, 0) is 25.7 Å². The zero-order valence-corrected chi connectivity index (χ0v) is 9.15. The summed E-state index contributed by atoms with van der Waals surface area (Å²) in [5, 5.41) is 0. The Morgan fingerprint density at radius 2 is 1.93 bits per heavy atom. The Balaban J connectivity index is 1.65. The lowest BCUT2D eigenvalue weighted by atomic mass is 10.1. The highest BCUT2D eigenvalue weighted by Gasteiger charge is 2.39. The maximum absolute atomic E-state index is 11.6. The second-order valence-electron chi connectivity index (χ2n) is 5.17. The predicted octanol–water partition coefficient (Wildman–Crippen LogP) is 1.22. The van der Waals surface area contributed by atoms with Gasteiger partial charge in [0.05, 0.1) is 13.2 Å². The molecule has 2 heterocycles. The zero-order valence-electron chi connectivity index (χ0n) is 9.15. The summed E-state index contributed by atoms with van der Waals surface area (Å²) in [6.45, 7) is 2.78. The highest BCUT2D eigenvalue weighted by Crippen LogP contribution is 2.32. The highest BCUT2D eigenvalue weighted by atomic mass is 16.5. The van der Waals surface area contributed by atoms with Crippen LogP contribution < -0.4 is 0 Å². The van der Waals surface area contributed by atoms with Crippen LogP contribution in [0.4, 0.5) is 0 Å². The van der Waals surface area contributed by atoms with E-state index < -0.39 is 0 Å². The van der Waals surface area contributed by atoms with Gasteiger partial charge in [-0.3, -0.25) is 9.69 Å². The largest absolute Gasteiger partial charge is 0.378 e. The second kappa shape index (κ2) is 3.87. The molecule has 0 aromatic heterocycles. The van der Waals surface area contributed by atoms with E-state index in [1.807, 2.05) is 0 Å². The molecule has 1 aliphatic carbocycles. The number of ether oxygens (including phenoxy) is 1. The molecule has 0 aromatic carbocycles. The molecule has 1 saturated carbocycles. The van der Waals surface area contributed by atoms with Crippen molar-refractivity contribution in [1.82, 2.24) is 4.90 Å². The average Bonchev–Trinajstić information content (AvgIpc) is 2.71. The zero-order chi connectivity index (χ0) is 10.3. The average molecular weight is 209 g/mol. The van der Waals surface area contributed by atoms with E-state index >= 15 is 0 Å². The molecule has 2 bridgehead atoms. The van der Waals surface area contributed by atoms with Crippen molar-refractivity contribution < 1.29 is 9.53 Å². The van der Waals surface area contributed by atoms with Crippen LogP contribution >= 0.6 is 0 Å². The van der Waals surface area contributed by atoms with E-state index in [0.29, 0.717) is 23.8 Å². The van der Waals surface area contributed by atoms with Crippen molar-refractivity contribution in [1.29, 1.82) is 0 Å². The third-order valence-electron chi connectivity index (χ3n) is 4.25. The number of morpholine rings is 1. The fourth-order valence-electron chi connectivity index (χ4n) is 3.35. The molecular weight excluding hydrogens is 190 g/mol. The minimum atomic E-state index is 0.339. The lowest BCUT2D eigenvalue weighted by Gasteiger charge is -2.35. The summed E-state index contributed by atoms with van der Waals surface area (Å²) in [5.74, 6) is 0.840. The third-order valence-corrected chi connectivity index (χ3v) is 4.25.